The van der Waals surface area contributed by atoms with Crippen LogP contribution in [0, 0.1) is 13.2 Å². The summed E-state index contributed by atoms with van der Waals surface area (Å²) < 4.78 is 127. The molecule has 0 N–H and O–H groups in total. The van der Waals surface area contributed by atoms with E-state index < -0.39 is 60.6 Å². The zero-order chi connectivity index (χ0) is 68.7. The van der Waals surface area contributed by atoms with Gasteiger partial charge in [0.15, 0.2) is 0 Å². The molecule has 408 valence electrons. The Hall–Kier alpha value is -8.80. The molecule has 0 radical (unpaired) electrons. The van der Waals surface area contributed by atoms with Crippen LogP contribution in [0.25, 0.3) is 94.5 Å². The first-order valence-corrected chi connectivity index (χ1v) is 27.9. The van der Waals surface area contributed by atoms with Crippen LogP contribution in [-0.2, 0) is 21.7 Å². The molecule has 5 nitrogen and oxygen atoms in total. The van der Waals surface area contributed by atoms with E-state index in [1.165, 1.54) is 23.4 Å². The lowest BCUT2D eigenvalue weighted by molar-refractivity contribution is -0.571. The molecular weight excluding hydrogens is 997 g/mol. The molecule has 0 saturated carbocycles. The number of rotatable bonds is 9. The molecular formula is C77H74N4O. The van der Waals surface area contributed by atoms with E-state index in [-0.39, 0.29) is 56.4 Å². The highest BCUT2D eigenvalue weighted by molar-refractivity contribution is 6.09. The first-order chi connectivity index (χ1) is 44.4. The highest BCUT2D eigenvalue weighted by Crippen LogP contribution is 2.42. The fourth-order valence-corrected chi connectivity index (χ4v) is 10.8. The van der Waals surface area contributed by atoms with Crippen LogP contribution in [-0.4, -0.2) is 14.1 Å². The molecule has 9 aromatic carbocycles. The number of aromatic nitrogens is 4. The summed E-state index contributed by atoms with van der Waals surface area (Å²) in [5, 5.41) is 1.66. The Morgan fingerprint density at radius 3 is 1.73 bits per heavy atom. The summed E-state index contributed by atoms with van der Waals surface area (Å²) in [7, 11) is 0. The van der Waals surface area contributed by atoms with E-state index in [1.54, 1.807) is 0 Å². The van der Waals surface area contributed by atoms with E-state index >= 15 is 0 Å². The predicted octanol–water partition coefficient (Wildman–Crippen LogP) is 20.2. The maximum atomic E-state index is 9.58. The van der Waals surface area contributed by atoms with Crippen molar-refractivity contribution < 1.29 is 27.1 Å². The Morgan fingerprint density at radius 2 is 1.06 bits per heavy atom. The number of fused-ring (bicyclic) bond motifs is 4. The number of aryl methyl sites for hydroxylation is 1. The SMILES string of the molecule is [2H]c1c([2H])c([2H])c(-c2cnc(-n3c4ccccc4c4ccc(Oc5cccc(-n6[c-][n+](-c7c(-c8cccc(C(C)(C)C)c8)cc(C(C)(C)C)cc7-c7c([2H])c([2H])c([2H])c([2H])c7[2H])c7ccc(-c8cc(C(C)(C)C)cc(C(C)(C)C)c8)cc76)c5)cc43)cc2C([2H])([2H])[2H])c([2H])c1[2H]. The van der Waals surface area contributed by atoms with Crippen LogP contribution in [0.4, 0.5) is 0 Å². The minimum absolute atomic E-state index is 0.0581. The lowest BCUT2D eigenvalue weighted by atomic mass is 9.79. The number of pyridine rings is 1. The van der Waals surface area contributed by atoms with E-state index in [1.807, 2.05) is 92.6 Å². The molecule has 0 aliphatic rings. The molecule has 0 aliphatic carbocycles. The van der Waals surface area contributed by atoms with Crippen LogP contribution in [0.1, 0.15) is 129 Å². The highest BCUT2D eigenvalue weighted by Gasteiger charge is 2.27. The van der Waals surface area contributed by atoms with Crippen molar-refractivity contribution in [1.29, 1.82) is 0 Å². The average molecular weight is 1080 g/mol. The third-order valence-corrected chi connectivity index (χ3v) is 15.5. The zero-order valence-electron chi connectivity index (χ0n) is 61.6. The van der Waals surface area contributed by atoms with Crippen molar-refractivity contribution >= 4 is 32.8 Å². The van der Waals surface area contributed by atoms with Crippen LogP contribution in [0.3, 0.4) is 0 Å². The maximum absolute atomic E-state index is 9.58. The Balaban J connectivity index is 1.09. The van der Waals surface area contributed by atoms with Crippen molar-refractivity contribution in [1.82, 2.24) is 14.1 Å². The Bertz CT molecular complexity index is 5060. The second-order valence-corrected chi connectivity index (χ2v) is 25.5. The predicted molar refractivity (Wildman–Crippen MR) is 344 cm³/mol. The van der Waals surface area contributed by atoms with Gasteiger partial charge in [0.1, 0.15) is 17.3 Å². The fraction of sp³-hybridized carbons (Fsp3) is 0.221. The first kappa shape index (κ1) is 40.4. The first-order valence-electron chi connectivity index (χ1n) is 34.4. The van der Waals surface area contributed by atoms with Crippen LogP contribution >= 0.6 is 0 Å². The van der Waals surface area contributed by atoms with E-state index in [2.05, 4.69) is 150 Å². The monoisotopic (exact) mass is 1080 g/mol. The van der Waals surface area contributed by atoms with E-state index in [0.717, 1.165) is 49.7 Å². The van der Waals surface area contributed by atoms with Gasteiger partial charge in [0, 0.05) is 32.7 Å². The number of hydrogen-bond donors (Lipinski definition) is 0. The highest BCUT2D eigenvalue weighted by atomic mass is 16.5. The smallest absolute Gasteiger partial charge is 0.269 e. The van der Waals surface area contributed by atoms with Crippen LogP contribution in [0.5, 0.6) is 11.5 Å². The molecule has 3 aromatic heterocycles. The van der Waals surface area contributed by atoms with Gasteiger partial charge < -0.3 is 4.74 Å². The molecule has 0 bridgehead atoms. The summed E-state index contributed by atoms with van der Waals surface area (Å²) in [6.45, 7) is 23.3. The second-order valence-electron chi connectivity index (χ2n) is 25.5. The number of benzene rings is 9. The molecule has 82 heavy (non-hydrogen) atoms. The summed E-state index contributed by atoms with van der Waals surface area (Å²) in [5.74, 6) is 1.10. The average Bonchev–Trinajstić information content (AvgIpc) is 1.71. The van der Waals surface area contributed by atoms with E-state index in [0.29, 0.717) is 45.0 Å². The van der Waals surface area contributed by atoms with Gasteiger partial charge in [0.25, 0.3) is 6.33 Å². The third-order valence-electron chi connectivity index (χ3n) is 15.5. The van der Waals surface area contributed by atoms with Crippen molar-refractivity contribution in [3.63, 3.8) is 0 Å². The van der Waals surface area contributed by atoms with Crippen molar-refractivity contribution in [2.75, 3.05) is 0 Å². The number of ether oxygens (including phenoxy) is 1. The molecule has 0 fully saturated rings. The van der Waals surface area contributed by atoms with Gasteiger partial charge in [-0.05, 0) is 144 Å². The third kappa shape index (κ3) is 10.2. The van der Waals surface area contributed by atoms with Gasteiger partial charge >= 0.3 is 0 Å². The van der Waals surface area contributed by atoms with Crippen molar-refractivity contribution in [3.05, 3.63) is 246 Å². The van der Waals surface area contributed by atoms with E-state index in [4.69, 9.17) is 24.8 Å². The van der Waals surface area contributed by atoms with Gasteiger partial charge in [0.2, 0.25) is 0 Å². The lowest BCUT2D eigenvalue weighted by Crippen LogP contribution is -2.32. The Kier molecular flexibility index (Phi) is 10.0. The van der Waals surface area contributed by atoms with Crippen molar-refractivity contribution in [2.24, 2.45) is 0 Å². The molecule has 0 aliphatic heterocycles. The molecule has 12 aromatic rings. The lowest BCUT2D eigenvalue weighted by Gasteiger charge is -2.26. The molecule has 0 spiro atoms. The van der Waals surface area contributed by atoms with Gasteiger partial charge in [-0.2, -0.15) is 0 Å². The van der Waals surface area contributed by atoms with Gasteiger partial charge in [-0.15, -0.1) is 0 Å². The minimum Gasteiger partial charge on any atom is -0.458 e. The number of para-hydroxylation sites is 1. The van der Waals surface area contributed by atoms with Crippen LogP contribution in [0.15, 0.2) is 212 Å². The topological polar surface area (TPSA) is 35.9 Å². The minimum atomic E-state index is -2.80. The van der Waals surface area contributed by atoms with Gasteiger partial charge in [-0.25, -0.2) is 4.98 Å². The van der Waals surface area contributed by atoms with Crippen LogP contribution < -0.4 is 9.30 Å². The molecule has 0 amide bonds. The normalized spacial score (nSPS) is 14.9. The molecule has 0 atom stereocenters. The Morgan fingerprint density at radius 1 is 0.463 bits per heavy atom. The summed E-state index contributed by atoms with van der Waals surface area (Å²) >= 11 is 0. The summed E-state index contributed by atoms with van der Waals surface area (Å²) in [6.07, 6.45) is 5.07. The van der Waals surface area contributed by atoms with Gasteiger partial charge in [0.05, 0.1) is 47.1 Å². The van der Waals surface area contributed by atoms with Crippen molar-refractivity contribution in [3.8, 4) is 73.2 Å². The molecule has 0 saturated heterocycles. The number of imidazole rings is 1. The second kappa shape index (κ2) is 20.3. The molecule has 5 heteroatoms. The summed E-state index contributed by atoms with van der Waals surface area (Å²) in [5.41, 5.74) is 10.8. The largest absolute Gasteiger partial charge is 0.458 e. The molecule has 0 unspecified atom stereocenters. The van der Waals surface area contributed by atoms with E-state index in [9.17, 15) is 2.74 Å². The maximum Gasteiger partial charge on any atom is 0.269 e. The number of hydrogen-bond acceptors (Lipinski definition) is 2. The zero-order valence-corrected chi connectivity index (χ0v) is 48.6. The Labute approximate surface area is 503 Å². The summed E-state index contributed by atoms with van der Waals surface area (Å²) in [6, 6.07) is 43.1. The fourth-order valence-electron chi connectivity index (χ4n) is 10.8. The standard InChI is InChI=1S/C77H74N4O/c1-50-38-72(78-48-67(50)52-26-18-15-19-27-52)81-68-33-21-20-32-63(68)64-36-35-62(47-70(64)81)82-61-31-23-30-60(46-61)79-49-80(69-37-34-53(42-71(69)79)55-40-57(75(5,6)7)43-58(41-55)76(8,9)10)73-65(51-24-16-14-17-25-51)44-59(77(11,12)13)45-66(73)54-28-22-29-56(39-54)74(2,3)4/h14-48H,1-13H3/i1D3,14D,15D,16D,17D,18D,19D,24D,25D,26D,27D. The van der Waals surface area contributed by atoms with Gasteiger partial charge in [-0.3, -0.25) is 13.7 Å². The summed E-state index contributed by atoms with van der Waals surface area (Å²) in [4.78, 5) is 4.78. The van der Waals surface area contributed by atoms with Crippen molar-refractivity contribution in [2.45, 2.75) is 112 Å². The molecule has 3 heterocycles. The van der Waals surface area contributed by atoms with Gasteiger partial charge in [-0.1, -0.05) is 235 Å². The number of nitrogens with zero attached hydrogens (tertiary/aromatic N) is 4. The quantitative estimate of drug-likeness (QED) is 0.107. The van der Waals surface area contributed by atoms with Crippen LogP contribution in [0.2, 0.25) is 0 Å². The molecule has 12 rings (SSSR count).